The number of hydrogen-bond acceptors (Lipinski definition) is 7. The predicted molar refractivity (Wildman–Crippen MR) is 107 cm³/mol. The molecule has 1 N–H and O–H groups in total. The Morgan fingerprint density at radius 3 is 2.76 bits per heavy atom. The lowest BCUT2D eigenvalue weighted by molar-refractivity contribution is -0.698. The minimum absolute atomic E-state index is 0.0577. The van der Waals surface area contributed by atoms with E-state index in [1.807, 2.05) is 17.0 Å². The fourth-order valence-electron chi connectivity index (χ4n) is 2.58. The van der Waals surface area contributed by atoms with Crippen LogP contribution in [0.2, 0.25) is 5.02 Å². The van der Waals surface area contributed by atoms with E-state index in [1.54, 1.807) is 0 Å². The van der Waals surface area contributed by atoms with E-state index in [9.17, 15) is 23.3 Å². The molecule has 1 heterocycles. The van der Waals surface area contributed by atoms with Gasteiger partial charge in [0.15, 0.2) is 5.69 Å². The van der Waals surface area contributed by atoms with Crippen LogP contribution in [0.3, 0.4) is 0 Å². The van der Waals surface area contributed by atoms with Crippen molar-refractivity contribution in [1.82, 2.24) is 0 Å². The first kappa shape index (κ1) is 23.2. The van der Waals surface area contributed by atoms with Gasteiger partial charge in [-0.3, -0.25) is 14.7 Å². The first-order valence-electron chi connectivity index (χ1n) is 8.61. The van der Waals surface area contributed by atoms with Crippen molar-refractivity contribution in [3.8, 4) is 0 Å². The number of aryl methyl sites for hydroxylation is 1. The van der Waals surface area contributed by atoms with Gasteiger partial charge in [-0.1, -0.05) is 22.9 Å². The van der Waals surface area contributed by atoms with E-state index in [0.717, 1.165) is 16.6 Å². The Hall–Kier alpha value is -2.08. The van der Waals surface area contributed by atoms with Gasteiger partial charge >= 0.3 is 5.97 Å². The molecule has 0 radical (unpaired) electrons. The highest BCUT2D eigenvalue weighted by atomic mass is 35.5. The number of nitro groups is 1. The molecular weight excluding hydrogens is 444 g/mol. The molecule has 29 heavy (non-hydrogen) atoms. The summed E-state index contributed by atoms with van der Waals surface area (Å²) in [4.78, 5) is 23.4. The monoisotopic (exact) mass is 463 g/mol. The maximum atomic E-state index is 12.2. The minimum atomic E-state index is -3.94. The Balaban J connectivity index is 1.88. The summed E-state index contributed by atoms with van der Waals surface area (Å²) in [5.74, 6) is -0.995. The number of carbonyl (C=O) groups excluding carboxylic acids is 1. The van der Waals surface area contributed by atoms with Crippen molar-refractivity contribution in [2.24, 2.45) is 0 Å². The van der Waals surface area contributed by atoms with Crippen molar-refractivity contribution < 1.29 is 32.0 Å². The molecule has 2 rings (SSSR count). The van der Waals surface area contributed by atoms with Crippen LogP contribution in [0.15, 0.2) is 23.7 Å². The molecule has 0 atom stereocenters. The predicted octanol–water partition coefficient (Wildman–Crippen LogP) is 2.97. The standard InChI is InChI=1S/C17H19ClN2O7S2/c1-12-16(28-11-19(12)7-2-3-9-29(24,25)26)6-8-27-17(21)14-10-13(20(22)23)4-5-15(14)18/h4-5,10-11H,2-3,6-9H2,1H3/p+1. The van der Waals surface area contributed by atoms with Crippen LogP contribution in [0.4, 0.5) is 5.69 Å². The zero-order valence-electron chi connectivity index (χ0n) is 15.5. The van der Waals surface area contributed by atoms with E-state index < -0.39 is 21.0 Å². The summed E-state index contributed by atoms with van der Waals surface area (Å²) in [6.07, 6.45) is 1.42. The van der Waals surface area contributed by atoms with Crippen LogP contribution in [0, 0.1) is 17.0 Å². The molecule has 1 aromatic carbocycles. The summed E-state index contributed by atoms with van der Waals surface area (Å²) in [5, 5.41) is 10.9. The Kier molecular flexibility index (Phi) is 8.08. The molecule has 0 aliphatic carbocycles. The van der Waals surface area contributed by atoms with E-state index in [1.165, 1.54) is 23.5 Å². The molecule has 0 fully saturated rings. The first-order valence-corrected chi connectivity index (χ1v) is 11.5. The Labute approximate surface area is 176 Å². The van der Waals surface area contributed by atoms with Crippen LogP contribution in [-0.2, 0) is 27.8 Å². The molecule has 0 spiro atoms. The zero-order chi connectivity index (χ0) is 21.6. The van der Waals surface area contributed by atoms with E-state index in [-0.39, 0.29) is 28.6 Å². The van der Waals surface area contributed by atoms with Crippen molar-refractivity contribution in [2.45, 2.75) is 32.7 Å². The second kappa shape index (κ2) is 10.1. The van der Waals surface area contributed by atoms with Gasteiger partial charge in [0.25, 0.3) is 15.8 Å². The second-order valence-corrected chi connectivity index (χ2v) is 9.14. The fourth-order valence-corrected chi connectivity index (χ4v) is 4.35. The van der Waals surface area contributed by atoms with Crippen molar-refractivity contribution in [3.63, 3.8) is 0 Å². The van der Waals surface area contributed by atoms with Crippen LogP contribution < -0.4 is 4.57 Å². The van der Waals surface area contributed by atoms with Gasteiger partial charge in [-0.05, 0) is 12.5 Å². The third-order valence-electron chi connectivity index (χ3n) is 4.15. The normalized spacial score (nSPS) is 11.4. The number of esters is 1. The van der Waals surface area contributed by atoms with Crippen LogP contribution in [-0.4, -0.2) is 36.2 Å². The summed E-state index contributed by atoms with van der Waals surface area (Å²) in [6, 6.07) is 3.58. The molecule has 158 valence electrons. The Morgan fingerprint density at radius 1 is 1.38 bits per heavy atom. The largest absolute Gasteiger partial charge is 0.462 e. The molecule has 0 aliphatic rings. The van der Waals surface area contributed by atoms with Crippen LogP contribution in [0.5, 0.6) is 0 Å². The average Bonchev–Trinajstić information content (AvgIpc) is 2.98. The second-order valence-electron chi connectivity index (χ2n) is 6.23. The molecule has 0 unspecified atom stereocenters. The van der Waals surface area contributed by atoms with Gasteiger partial charge in [-0.15, -0.1) is 0 Å². The molecule has 2 aromatic rings. The van der Waals surface area contributed by atoms with Crippen molar-refractivity contribution in [1.29, 1.82) is 0 Å². The fraction of sp³-hybridized carbons (Fsp3) is 0.412. The third kappa shape index (κ3) is 7.03. The summed E-state index contributed by atoms with van der Waals surface area (Å²) >= 11 is 7.42. The first-order chi connectivity index (χ1) is 13.6. The Morgan fingerprint density at radius 2 is 2.10 bits per heavy atom. The number of rotatable bonds is 10. The van der Waals surface area contributed by atoms with Gasteiger partial charge in [0.2, 0.25) is 5.51 Å². The summed E-state index contributed by atoms with van der Waals surface area (Å²) in [7, 11) is -3.94. The molecule has 9 nitrogen and oxygen atoms in total. The number of halogens is 1. The maximum absolute atomic E-state index is 12.2. The number of carbonyl (C=O) groups is 1. The number of hydrogen-bond donors (Lipinski definition) is 1. The van der Waals surface area contributed by atoms with Crippen molar-refractivity contribution in [2.75, 3.05) is 12.4 Å². The van der Waals surface area contributed by atoms with E-state index >= 15 is 0 Å². The van der Waals surface area contributed by atoms with E-state index in [0.29, 0.717) is 25.8 Å². The lowest BCUT2D eigenvalue weighted by Gasteiger charge is -2.05. The minimum Gasteiger partial charge on any atom is -0.462 e. The summed E-state index contributed by atoms with van der Waals surface area (Å²) in [6.45, 7) is 2.61. The molecule has 0 saturated heterocycles. The average molecular weight is 464 g/mol. The SMILES string of the molecule is Cc1c(CCOC(=O)c2cc([N+](=O)[O-])ccc2Cl)sc[n+]1CCCCS(=O)(=O)O. The highest BCUT2D eigenvalue weighted by molar-refractivity contribution is 7.85. The topological polar surface area (TPSA) is 128 Å². The molecule has 0 saturated carbocycles. The smallest absolute Gasteiger partial charge is 0.339 e. The van der Waals surface area contributed by atoms with E-state index in [2.05, 4.69) is 0 Å². The summed E-state index contributed by atoms with van der Waals surface area (Å²) < 4.78 is 37.4. The third-order valence-corrected chi connectivity index (χ3v) is 6.43. The number of ether oxygens (including phenoxy) is 1. The molecule has 0 bridgehead atoms. The van der Waals surface area contributed by atoms with Crippen molar-refractivity contribution in [3.05, 3.63) is 55.0 Å². The molecule has 0 amide bonds. The molecular formula is C17H20ClN2O7S2+. The van der Waals surface area contributed by atoms with Gasteiger partial charge in [0.05, 0.1) is 32.7 Å². The van der Waals surface area contributed by atoms with Crippen molar-refractivity contribution >= 4 is 44.7 Å². The lowest BCUT2D eigenvalue weighted by atomic mass is 10.2. The lowest BCUT2D eigenvalue weighted by Crippen LogP contribution is -2.34. The van der Waals surface area contributed by atoms with Gasteiger partial charge in [-0.25, -0.2) is 4.79 Å². The van der Waals surface area contributed by atoms with Crippen LogP contribution in [0.25, 0.3) is 0 Å². The zero-order valence-corrected chi connectivity index (χ0v) is 17.9. The highest BCUT2D eigenvalue weighted by Gasteiger charge is 2.19. The maximum Gasteiger partial charge on any atom is 0.339 e. The van der Waals surface area contributed by atoms with Crippen LogP contribution in [0.1, 0.15) is 33.8 Å². The quantitative estimate of drug-likeness (QED) is 0.143. The van der Waals surface area contributed by atoms with Gasteiger partial charge in [0.1, 0.15) is 6.54 Å². The molecule has 12 heteroatoms. The number of nitrogens with zero attached hydrogens (tertiary/aromatic N) is 2. The number of aromatic nitrogens is 1. The van der Waals surface area contributed by atoms with E-state index in [4.69, 9.17) is 20.9 Å². The number of benzene rings is 1. The Bertz CT molecular complexity index is 1010. The molecule has 1 aromatic heterocycles. The van der Waals surface area contributed by atoms with Gasteiger partial charge in [0, 0.05) is 31.9 Å². The number of nitro benzene ring substituents is 1. The number of non-ortho nitro benzene ring substituents is 1. The molecule has 0 aliphatic heterocycles. The number of unbranched alkanes of at least 4 members (excludes halogenated alkanes) is 1. The highest BCUT2D eigenvalue weighted by Crippen LogP contribution is 2.23. The van der Waals surface area contributed by atoms with Gasteiger partial charge in [-0.2, -0.15) is 13.0 Å². The van der Waals surface area contributed by atoms with Crippen LogP contribution >= 0.6 is 22.9 Å². The van der Waals surface area contributed by atoms with Gasteiger partial charge < -0.3 is 4.74 Å². The summed E-state index contributed by atoms with van der Waals surface area (Å²) in [5.41, 5.74) is 2.58. The number of thiazole rings is 1.